The fourth-order valence-corrected chi connectivity index (χ4v) is 2.01. The van der Waals surface area contributed by atoms with Crippen molar-refractivity contribution in [3.63, 3.8) is 0 Å². The van der Waals surface area contributed by atoms with Crippen LogP contribution in [0.2, 0.25) is 0 Å². The Morgan fingerprint density at radius 1 is 0.727 bits per heavy atom. The second kappa shape index (κ2) is 5.10. The average molecular weight is 328 g/mol. The topological polar surface area (TPSA) is 0 Å². The van der Waals surface area contributed by atoms with Gasteiger partial charge in [-0.15, -0.1) is 0 Å². The first-order valence-electron chi connectivity index (χ1n) is 5.93. The van der Waals surface area contributed by atoms with E-state index >= 15 is 0 Å². The van der Waals surface area contributed by atoms with Crippen molar-refractivity contribution in [1.82, 2.24) is 0 Å². The Labute approximate surface area is 119 Å². The maximum Gasteiger partial charge on any atom is 0.382 e. The molecule has 0 bridgehead atoms. The maximum atomic E-state index is 14.0. The van der Waals surface area contributed by atoms with E-state index in [0.29, 0.717) is 6.07 Å². The van der Waals surface area contributed by atoms with Crippen molar-refractivity contribution in [1.29, 1.82) is 0 Å². The SMILES string of the molecule is FC(F)C(F)(F)C(F)(F)C(F)(F)c1cccc2ccccc12. The number of halogens is 8. The van der Waals surface area contributed by atoms with Gasteiger partial charge in [-0.3, -0.25) is 0 Å². The normalized spacial score (nSPS) is 13.9. The monoisotopic (exact) mass is 328 g/mol. The van der Waals surface area contributed by atoms with Gasteiger partial charge in [0.05, 0.1) is 0 Å². The highest BCUT2D eigenvalue weighted by Gasteiger charge is 2.75. The van der Waals surface area contributed by atoms with Crippen molar-refractivity contribution in [2.24, 2.45) is 0 Å². The molecule has 0 aromatic heterocycles. The van der Waals surface area contributed by atoms with Gasteiger partial charge in [-0.1, -0.05) is 42.5 Å². The van der Waals surface area contributed by atoms with Crippen molar-refractivity contribution in [3.8, 4) is 0 Å². The van der Waals surface area contributed by atoms with E-state index in [1.165, 1.54) is 24.3 Å². The van der Waals surface area contributed by atoms with Crippen LogP contribution in [0.5, 0.6) is 0 Å². The van der Waals surface area contributed by atoms with Crippen LogP contribution in [0.3, 0.4) is 0 Å². The molecule has 0 aliphatic heterocycles. The van der Waals surface area contributed by atoms with Gasteiger partial charge >= 0.3 is 24.2 Å². The summed E-state index contributed by atoms with van der Waals surface area (Å²) < 4.78 is 105. The number of fused-ring (bicyclic) bond motifs is 1. The number of hydrogen-bond donors (Lipinski definition) is 0. The van der Waals surface area contributed by atoms with Crippen LogP contribution in [-0.2, 0) is 5.92 Å². The lowest BCUT2D eigenvalue weighted by Crippen LogP contribution is -2.56. The van der Waals surface area contributed by atoms with Crippen LogP contribution in [0.4, 0.5) is 35.1 Å². The van der Waals surface area contributed by atoms with Crippen LogP contribution < -0.4 is 0 Å². The van der Waals surface area contributed by atoms with Crippen LogP contribution in [0.25, 0.3) is 10.8 Å². The van der Waals surface area contributed by atoms with Gasteiger partial charge in [0.25, 0.3) is 0 Å². The molecule has 8 heteroatoms. The molecule has 0 atom stereocenters. The summed E-state index contributed by atoms with van der Waals surface area (Å²) in [6.45, 7) is 0. The van der Waals surface area contributed by atoms with Gasteiger partial charge in [0.2, 0.25) is 0 Å². The summed E-state index contributed by atoms with van der Waals surface area (Å²) in [6, 6.07) is 7.77. The Morgan fingerprint density at radius 3 is 1.86 bits per heavy atom. The van der Waals surface area contributed by atoms with Gasteiger partial charge in [0.1, 0.15) is 0 Å². The van der Waals surface area contributed by atoms with E-state index in [-0.39, 0.29) is 5.39 Å². The third kappa shape index (κ3) is 2.21. The highest BCUT2D eigenvalue weighted by molar-refractivity contribution is 5.86. The Kier molecular flexibility index (Phi) is 3.83. The molecular formula is C14H8F8. The van der Waals surface area contributed by atoms with E-state index in [0.717, 1.165) is 12.1 Å². The molecule has 0 saturated heterocycles. The second-order valence-electron chi connectivity index (χ2n) is 4.60. The summed E-state index contributed by atoms with van der Waals surface area (Å²) in [5.74, 6) is -17.9. The number of benzene rings is 2. The molecule has 2 aromatic carbocycles. The first-order valence-corrected chi connectivity index (χ1v) is 5.93. The summed E-state index contributed by atoms with van der Waals surface area (Å²) in [4.78, 5) is 0. The van der Waals surface area contributed by atoms with Gasteiger partial charge < -0.3 is 0 Å². The largest absolute Gasteiger partial charge is 0.382 e. The molecule has 0 spiro atoms. The van der Waals surface area contributed by atoms with Crippen molar-refractivity contribution in [2.45, 2.75) is 24.2 Å². The molecular weight excluding hydrogens is 320 g/mol. The molecule has 0 nitrogen and oxygen atoms in total. The molecule has 0 saturated carbocycles. The standard InChI is InChI=1S/C14H8F8/c15-11(16)13(19,20)14(21,22)12(17,18)10-7-3-5-8-4-1-2-6-9(8)10/h1-7,11H. The van der Waals surface area contributed by atoms with Gasteiger partial charge in [-0.2, -0.15) is 26.3 Å². The molecule has 120 valence electrons. The highest BCUT2D eigenvalue weighted by atomic mass is 19.4. The van der Waals surface area contributed by atoms with Crippen LogP contribution in [0.15, 0.2) is 42.5 Å². The number of alkyl halides is 8. The molecule has 0 radical (unpaired) electrons. The minimum absolute atomic E-state index is 0.0934. The predicted octanol–water partition coefficient (Wildman–Crippen LogP) is 5.47. The van der Waals surface area contributed by atoms with E-state index in [1.54, 1.807) is 0 Å². The summed E-state index contributed by atoms with van der Waals surface area (Å²) in [5.41, 5.74) is -1.43. The van der Waals surface area contributed by atoms with Crippen molar-refractivity contribution >= 4 is 10.8 Å². The fourth-order valence-electron chi connectivity index (χ4n) is 2.01. The number of hydrogen-bond acceptors (Lipinski definition) is 0. The van der Waals surface area contributed by atoms with Crippen LogP contribution in [-0.4, -0.2) is 18.3 Å². The lowest BCUT2D eigenvalue weighted by molar-refractivity contribution is -0.343. The van der Waals surface area contributed by atoms with E-state index in [2.05, 4.69) is 0 Å². The summed E-state index contributed by atoms with van der Waals surface area (Å²) in [5, 5.41) is -0.324. The van der Waals surface area contributed by atoms with Gasteiger partial charge in [-0.25, -0.2) is 8.78 Å². The van der Waals surface area contributed by atoms with Crippen molar-refractivity contribution in [2.75, 3.05) is 0 Å². The van der Waals surface area contributed by atoms with Crippen LogP contribution >= 0.6 is 0 Å². The minimum atomic E-state index is -6.25. The first kappa shape index (κ1) is 16.5. The lowest BCUT2D eigenvalue weighted by Gasteiger charge is -2.33. The van der Waals surface area contributed by atoms with Gasteiger partial charge in [0, 0.05) is 5.56 Å². The quantitative estimate of drug-likeness (QED) is 0.653. The Bertz CT molecular complexity index is 672. The Morgan fingerprint density at radius 2 is 1.27 bits per heavy atom. The molecule has 0 N–H and O–H groups in total. The first-order chi connectivity index (χ1) is 10.0. The number of rotatable bonds is 4. The smallest absolute Gasteiger partial charge is 0.203 e. The Hall–Kier alpha value is -1.86. The zero-order valence-electron chi connectivity index (χ0n) is 10.6. The minimum Gasteiger partial charge on any atom is -0.203 e. The molecule has 0 fully saturated rings. The molecule has 0 amide bonds. The van der Waals surface area contributed by atoms with E-state index in [1.807, 2.05) is 0 Å². The lowest BCUT2D eigenvalue weighted by atomic mass is 9.93. The van der Waals surface area contributed by atoms with E-state index in [9.17, 15) is 35.1 Å². The fraction of sp³-hybridized carbons (Fsp3) is 0.286. The van der Waals surface area contributed by atoms with Crippen molar-refractivity contribution in [3.05, 3.63) is 48.0 Å². The predicted molar refractivity (Wildman–Crippen MR) is 63.7 cm³/mol. The molecule has 0 aliphatic rings. The average Bonchev–Trinajstić information content (AvgIpc) is 2.46. The highest BCUT2D eigenvalue weighted by Crippen LogP contribution is 2.54. The zero-order chi connectivity index (χ0) is 16.8. The van der Waals surface area contributed by atoms with Crippen LogP contribution in [0.1, 0.15) is 5.56 Å². The van der Waals surface area contributed by atoms with Gasteiger partial charge in [0.15, 0.2) is 0 Å². The van der Waals surface area contributed by atoms with Gasteiger partial charge in [-0.05, 0) is 10.8 Å². The maximum absolute atomic E-state index is 14.0. The van der Waals surface area contributed by atoms with Crippen molar-refractivity contribution < 1.29 is 35.1 Å². The summed E-state index contributed by atoms with van der Waals surface area (Å²) >= 11 is 0. The third-order valence-corrected chi connectivity index (χ3v) is 3.21. The Balaban J connectivity index is 2.67. The molecule has 22 heavy (non-hydrogen) atoms. The summed E-state index contributed by atoms with van der Waals surface area (Å²) in [7, 11) is 0. The molecule has 2 rings (SSSR count). The van der Waals surface area contributed by atoms with E-state index in [4.69, 9.17) is 0 Å². The summed E-state index contributed by atoms with van der Waals surface area (Å²) in [6.07, 6.45) is -4.93. The van der Waals surface area contributed by atoms with E-state index < -0.39 is 35.1 Å². The molecule has 0 heterocycles. The molecule has 0 aliphatic carbocycles. The zero-order valence-corrected chi connectivity index (χ0v) is 10.6. The molecule has 0 unspecified atom stereocenters. The third-order valence-electron chi connectivity index (χ3n) is 3.21. The second-order valence-corrected chi connectivity index (χ2v) is 4.60. The molecule has 2 aromatic rings. The van der Waals surface area contributed by atoms with Crippen LogP contribution in [0, 0.1) is 0 Å².